The van der Waals surface area contributed by atoms with Gasteiger partial charge in [0.15, 0.2) is 0 Å². The van der Waals surface area contributed by atoms with Gasteiger partial charge in [-0.05, 0) is 18.2 Å². The zero-order valence-corrected chi connectivity index (χ0v) is 8.04. The summed E-state index contributed by atoms with van der Waals surface area (Å²) in [5.74, 6) is -0.473. The predicted octanol–water partition coefficient (Wildman–Crippen LogP) is 1.50. The van der Waals surface area contributed by atoms with Gasteiger partial charge in [-0.1, -0.05) is 0 Å². The Morgan fingerprint density at radius 2 is 2.07 bits per heavy atom. The highest BCUT2D eigenvalue weighted by atomic mass is 19.1. The lowest BCUT2D eigenvalue weighted by atomic mass is 10.3. The van der Waals surface area contributed by atoms with E-state index in [2.05, 4.69) is 5.32 Å². The molecule has 0 aromatic heterocycles. The summed E-state index contributed by atoms with van der Waals surface area (Å²) in [6.07, 6.45) is 0. The number of anilines is 2. The van der Waals surface area contributed by atoms with E-state index in [0.29, 0.717) is 5.69 Å². The average Bonchev–Trinajstić information content (AvgIpc) is 2.01. The van der Waals surface area contributed by atoms with Crippen LogP contribution in [0.4, 0.5) is 20.6 Å². The highest BCUT2D eigenvalue weighted by Crippen LogP contribution is 2.15. The van der Waals surface area contributed by atoms with Gasteiger partial charge in [-0.15, -0.1) is 0 Å². The quantitative estimate of drug-likeness (QED) is 0.670. The van der Waals surface area contributed by atoms with Crippen molar-refractivity contribution in [1.82, 2.24) is 4.90 Å². The summed E-state index contributed by atoms with van der Waals surface area (Å²) in [4.78, 5) is 12.5. The number of nitrogens with zero attached hydrogens (tertiary/aromatic N) is 1. The number of amides is 2. The molecule has 0 heterocycles. The van der Waals surface area contributed by atoms with E-state index in [0.717, 1.165) is 0 Å². The molecule has 1 rings (SSSR count). The summed E-state index contributed by atoms with van der Waals surface area (Å²) in [6.45, 7) is 0. The maximum absolute atomic E-state index is 12.8. The van der Waals surface area contributed by atoms with Crippen molar-refractivity contribution in [3.8, 4) is 0 Å². The van der Waals surface area contributed by atoms with Crippen LogP contribution in [0.25, 0.3) is 0 Å². The number of nitrogens with two attached hydrogens (primary N) is 1. The number of rotatable bonds is 1. The van der Waals surface area contributed by atoms with E-state index in [1.54, 1.807) is 14.1 Å². The van der Waals surface area contributed by atoms with Crippen LogP contribution >= 0.6 is 0 Å². The Morgan fingerprint density at radius 1 is 1.43 bits per heavy atom. The Bertz CT molecular complexity index is 332. The molecule has 5 heteroatoms. The van der Waals surface area contributed by atoms with Gasteiger partial charge in [0.2, 0.25) is 0 Å². The first-order chi connectivity index (χ1) is 6.49. The third-order valence-electron chi connectivity index (χ3n) is 1.58. The molecule has 0 spiro atoms. The first-order valence-electron chi connectivity index (χ1n) is 4.03. The van der Waals surface area contributed by atoms with Crippen LogP contribution in [0.1, 0.15) is 0 Å². The lowest BCUT2D eigenvalue weighted by Gasteiger charge is -2.12. The van der Waals surface area contributed by atoms with Gasteiger partial charge in [0.1, 0.15) is 5.82 Å². The van der Waals surface area contributed by atoms with Crippen molar-refractivity contribution in [2.75, 3.05) is 25.1 Å². The van der Waals surface area contributed by atoms with Crippen molar-refractivity contribution >= 4 is 17.4 Å². The van der Waals surface area contributed by atoms with Crippen LogP contribution in [0.15, 0.2) is 18.2 Å². The fraction of sp³-hybridized carbons (Fsp3) is 0.222. The SMILES string of the molecule is CN(C)C(=O)Nc1cc(N)cc(F)c1. The molecule has 14 heavy (non-hydrogen) atoms. The van der Waals surface area contributed by atoms with Gasteiger partial charge in [0.05, 0.1) is 0 Å². The van der Waals surface area contributed by atoms with Crippen LogP contribution in [-0.4, -0.2) is 25.0 Å². The number of carbonyl (C=O) groups excluding carboxylic acids is 1. The van der Waals surface area contributed by atoms with E-state index >= 15 is 0 Å². The molecule has 0 atom stereocenters. The van der Waals surface area contributed by atoms with Gasteiger partial charge in [-0.3, -0.25) is 0 Å². The molecule has 1 aromatic carbocycles. The second kappa shape index (κ2) is 3.95. The molecule has 0 unspecified atom stereocenters. The number of halogens is 1. The van der Waals surface area contributed by atoms with E-state index in [9.17, 15) is 9.18 Å². The van der Waals surface area contributed by atoms with E-state index in [1.165, 1.54) is 23.1 Å². The maximum atomic E-state index is 12.8. The molecule has 0 saturated heterocycles. The minimum atomic E-state index is -0.473. The predicted molar refractivity (Wildman–Crippen MR) is 53.5 cm³/mol. The second-order valence-electron chi connectivity index (χ2n) is 3.10. The molecular weight excluding hydrogens is 185 g/mol. The number of urea groups is 1. The van der Waals surface area contributed by atoms with Crippen molar-refractivity contribution in [2.45, 2.75) is 0 Å². The molecule has 1 aromatic rings. The summed E-state index contributed by atoms with van der Waals surface area (Å²) >= 11 is 0. The van der Waals surface area contributed by atoms with Gasteiger partial charge in [0, 0.05) is 25.5 Å². The van der Waals surface area contributed by atoms with E-state index in [1.807, 2.05) is 0 Å². The molecule has 4 nitrogen and oxygen atoms in total. The largest absolute Gasteiger partial charge is 0.399 e. The highest BCUT2D eigenvalue weighted by molar-refractivity contribution is 5.89. The Hall–Kier alpha value is -1.78. The molecule has 0 radical (unpaired) electrons. The fourth-order valence-corrected chi connectivity index (χ4v) is 0.920. The molecule has 0 fully saturated rings. The smallest absolute Gasteiger partial charge is 0.321 e. The van der Waals surface area contributed by atoms with Crippen LogP contribution < -0.4 is 11.1 Å². The van der Waals surface area contributed by atoms with Gasteiger partial charge >= 0.3 is 6.03 Å². The number of benzene rings is 1. The summed E-state index contributed by atoms with van der Waals surface area (Å²) in [6, 6.07) is 3.56. The molecule has 0 bridgehead atoms. The number of carbonyl (C=O) groups is 1. The summed E-state index contributed by atoms with van der Waals surface area (Å²) < 4.78 is 12.8. The molecule has 0 saturated carbocycles. The first-order valence-corrected chi connectivity index (χ1v) is 4.03. The number of hydrogen-bond donors (Lipinski definition) is 2. The molecular formula is C9H12FN3O. The molecule has 0 aliphatic heterocycles. The first kappa shape index (κ1) is 10.3. The average molecular weight is 197 g/mol. The second-order valence-corrected chi connectivity index (χ2v) is 3.10. The van der Waals surface area contributed by atoms with Crippen LogP contribution in [0.2, 0.25) is 0 Å². The van der Waals surface area contributed by atoms with Gasteiger partial charge in [0.25, 0.3) is 0 Å². The van der Waals surface area contributed by atoms with Crippen LogP contribution in [0, 0.1) is 5.82 Å². The van der Waals surface area contributed by atoms with E-state index in [4.69, 9.17) is 5.73 Å². The summed E-state index contributed by atoms with van der Waals surface area (Å²) in [5, 5.41) is 2.49. The monoisotopic (exact) mass is 197 g/mol. The Labute approximate surface area is 81.5 Å². The fourth-order valence-electron chi connectivity index (χ4n) is 0.920. The van der Waals surface area contributed by atoms with Crippen LogP contribution in [-0.2, 0) is 0 Å². The van der Waals surface area contributed by atoms with Crippen molar-refractivity contribution in [3.63, 3.8) is 0 Å². The topological polar surface area (TPSA) is 58.4 Å². The highest BCUT2D eigenvalue weighted by Gasteiger charge is 2.05. The van der Waals surface area contributed by atoms with E-state index in [-0.39, 0.29) is 11.7 Å². The van der Waals surface area contributed by atoms with Gasteiger partial charge in [-0.2, -0.15) is 0 Å². The van der Waals surface area contributed by atoms with Gasteiger partial charge < -0.3 is 16.0 Å². The van der Waals surface area contributed by atoms with Crippen LogP contribution in [0.5, 0.6) is 0 Å². The lowest BCUT2D eigenvalue weighted by molar-refractivity contribution is 0.230. The number of nitrogens with one attached hydrogen (secondary N) is 1. The Morgan fingerprint density at radius 3 is 2.57 bits per heavy atom. The zero-order valence-electron chi connectivity index (χ0n) is 8.04. The summed E-state index contributed by atoms with van der Waals surface area (Å²) in [7, 11) is 3.19. The molecule has 0 aliphatic carbocycles. The molecule has 0 aliphatic rings. The van der Waals surface area contributed by atoms with E-state index < -0.39 is 5.82 Å². The van der Waals surface area contributed by atoms with Crippen molar-refractivity contribution in [2.24, 2.45) is 0 Å². The number of nitrogen functional groups attached to an aromatic ring is 1. The number of hydrogen-bond acceptors (Lipinski definition) is 2. The Kier molecular flexibility index (Phi) is 2.91. The minimum absolute atomic E-state index is 0.277. The maximum Gasteiger partial charge on any atom is 0.321 e. The standard InChI is InChI=1S/C9H12FN3O/c1-13(2)9(14)12-8-4-6(10)3-7(11)5-8/h3-5H,11H2,1-2H3,(H,12,14). The van der Waals surface area contributed by atoms with Crippen molar-refractivity contribution in [1.29, 1.82) is 0 Å². The van der Waals surface area contributed by atoms with Gasteiger partial charge in [-0.25, -0.2) is 9.18 Å². The molecule has 76 valence electrons. The third kappa shape index (κ3) is 2.62. The Balaban J connectivity index is 2.82. The molecule has 2 amide bonds. The third-order valence-corrected chi connectivity index (χ3v) is 1.58. The minimum Gasteiger partial charge on any atom is -0.399 e. The zero-order chi connectivity index (χ0) is 10.7. The van der Waals surface area contributed by atoms with Crippen LogP contribution in [0.3, 0.4) is 0 Å². The molecule has 3 N–H and O–H groups in total. The lowest BCUT2D eigenvalue weighted by Crippen LogP contribution is -2.27. The van der Waals surface area contributed by atoms with Crippen molar-refractivity contribution in [3.05, 3.63) is 24.0 Å². The normalized spacial score (nSPS) is 9.64. The summed E-state index contributed by atoms with van der Waals surface area (Å²) in [5.41, 5.74) is 6.03. The van der Waals surface area contributed by atoms with Crippen molar-refractivity contribution < 1.29 is 9.18 Å².